The summed E-state index contributed by atoms with van der Waals surface area (Å²) in [6.07, 6.45) is 0. The van der Waals surface area contributed by atoms with Crippen molar-refractivity contribution in [3.63, 3.8) is 0 Å². The summed E-state index contributed by atoms with van der Waals surface area (Å²) in [6.45, 7) is 8.23. The molecule has 0 bridgehead atoms. The number of benzene rings is 1. The standard InChI is InChI=1S/C13H21NO/c1-10(2)12-5-4-11(3)13(8-12)9-14-6-7-15/h4-5,8,10,14-15H,6-7,9H2,1-3H3. The molecule has 1 aromatic carbocycles. The van der Waals surface area contributed by atoms with Crippen molar-refractivity contribution < 1.29 is 5.11 Å². The molecule has 2 nitrogen and oxygen atoms in total. The van der Waals surface area contributed by atoms with E-state index in [1.807, 2.05) is 0 Å². The number of aryl methyl sites for hydroxylation is 1. The first-order valence-electron chi connectivity index (χ1n) is 5.56. The highest BCUT2D eigenvalue weighted by Crippen LogP contribution is 2.18. The van der Waals surface area contributed by atoms with E-state index in [1.165, 1.54) is 16.7 Å². The van der Waals surface area contributed by atoms with Gasteiger partial charge in [0.15, 0.2) is 0 Å². The van der Waals surface area contributed by atoms with Gasteiger partial charge in [-0.25, -0.2) is 0 Å². The maximum absolute atomic E-state index is 8.69. The second kappa shape index (κ2) is 5.89. The summed E-state index contributed by atoms with van der Waals surface area (Å²) < 4.78 is 0. The first-order valence-corrected chi connectivity index (χ1v) is 5.56. The van der Waals surface area contributed by atoms with Crippen LogP contribution in [0, 0.1) is 6.92 Å². The van der Waals surface area contributed by atoms with Gasteiger partial charge < -0.3 is 10.4 Å². The summed E-state index contributed by atoms with van der Waals surface area (Å²) in [6, 6.07) is 6.62. The number of hydrogen-bond acceptors (Lipinski definition) is 2. The van der Waals surface area contributed by atoms with Crippen LogP contribution in [-0.4, -0.2) is 18.3 Å². The molecule has 0 atom stereocenters. The van der Waals surface area contributed by atoms with Gasteiger partial charge in [0.05, 0.1) is 6.61 Å². The molecule has 0 heterocycles. The first kappa shape index (κ1) is 12.2. The summed E-state index contributed by atoms with van der Waals surface area (Å²) in [5.74, 6) is 0.571. The molecule has 0 saturated carbocycles. The minimum atomic E-state index is 0.197. The van der Waals surface area contributed by atoms with Gasteiger partial charge in [-0.15, -0.1) is 0 Å². The molecule has 0 aliphatic rings. The molecule has 84 valence electrons. The van der Waals surface area contributed by atoms with Gasteiger partial charge in [0, 0.05) is 13.1 Å². The van der Waals surface area contributed by atoms with Crippen LogP contribution >= 0.6 is 0 Å². The van der Waals surface area contributed by atoms with Gasteiger partial charge in [0.2, 0.25) is 0 Å². The van der Waals surface area contributed by atoms with E-state index in [0.717, 1.165) is 6.54 Å². The Balaban J connectivity index is 2.72. The molecule has 1 aromatic rings. The SMILES string of the molecule is Cc1ccc(C(C)C)cc1CNCCO. The molecular formula is C13H21NO. The van der Waals surface area contributed by atoms with Crippen molar-refractivity contribution in [3.05, 3.63) is 34.9 Å². The van der Waals surface area contributed by atoms with Crippen LogP contribution in [0.4, 0.5) is 0 Å². The Labute approximate surface area is 92.3 Å². The average Bonchev–Trinajstić information content (AvgIpc) is 2.20. The molecule has 0 aliphatic carbocycles. The predicted octanol–water partition coefficient (Wildman–Crippen LogP) is 2.20. The van der Waals surface area contributed by atoms with Crippen molar-refractivity contribution in [2.75, 3.05) is 13.2 Å². The van der Waals surface area contributed by atoms with Crippen molar-refractivity contribution in [1.82, 2.24) is 5.32 Å². The van der Waals surface area contributed by atoms with E-state index in [2.05, 4.69) is 44.3 Å². The third kappa shape index (κ3) is 3.65. The topological polar surface area (TPSA) is 32.3 Å². The van der Waals surface area contributed by atoms with Crippen LogP contribution in [0.2, 0.25) is 0 Å². The molecule has 2 heteroatoms. The van der Waals surface area contributed by atoms with E-state index in [4.69, 9.17) is 5.11 Å². The summed E-state index contributed by atoms with van der Waals surface area (Å²) in [5, 5.41) is 11.9. The van der Waals surface area contributed by atoms with Crippen LogP contribution in [0.1, 0.15) is 36.5 Å². The first-order chi connectivity index (χ1) is 7.15. The molecule has 0 aromatic heterocycles. The fraction of sp³-hybridized carbons (Fsp3) is 0.538. The molecule has 0 aliphatic heterocycles. The fourth-order valence-corrected chi connectivity index (χ4v) is 1.54. The smallest absolute Gasteiger partial charge is 0.0556 e. The quantitative estimate of drug-likeness (QED) is 0.725. The molecule has 0 fully saturated rings. The van der Waals surface area contributed by atoms with Crippen LogP contribution in [-0.2, 0) is 6.54 Å². The summed E-state index contributed by atoms with van der Waals surface area (Å²) in [5.41, 5.74) is 4.01. The number of aliphatic hydroxyl groups excluding tert-OH is 1. The lowest BCUT2D eigenvalue weighted by atomic mass is 9.98. The third-order valence-electron chi connectivity index (χ3n) is 2.64. The molecule has 1 rings (SSSR count). The van der Waals surface area contributed by atoms with Crippen molar-refractivity contribution in [3.8, 4) is 0 Å². The largest absolute Gasteiger partial charge is 0.395 e. The molecule has 0 radical (unpaired) electrons. The molecule has 0 spiro atoms. The van der Waals surface area contributed by atoms with E-state index >= 15 is 0 Å². The van der Waals surface area contributed by atoms with Crippen LogP contribution in [0.15, 0.2) is 18.2 Å². The van der Waals surface area contributed by atoms with E-state index in [-0.39, 0.29) is 6.61 Å². The van der Waals surface area contributed by atoms with E-state index in [9.17, 15) is 0 Å². The third-order valence-corrected chi connectivity index (χ3v) is 2.64. The second-order valence-corrected chi connectivity index (χ2v) is 4.24. The molecule has 0 unspecified atom stereocenters. The summed E-state index contributed by atoms with van der Waals surface area (Å²) >= 11 is 0. The second-order valence-electron chi connectivity index (χ2n) is 4.24. The number of rotatable bonds is 5. The molecule has 0 amide bonds. The number of hydrogen-bond donors (Lipinski definition) is 2. The zero-order valence-corrected chi connectivity index (χ0v) is 9.88. The van der Waals surface area contributed by atoms with Gasteiger partial charge in [0.25, 0.3) is 0 Å². The van der Waals surface area contributed by atoms with E-state index < -0.39 is 0 Å². The van der Waals surface area contributed by atoms with Crippen molar-refractivity contribution in [2.24, 2.45) is 0 Å². The van der Waals surface area contributed by atoms with Crippen molar-refractivity contribution >= 4 is 0 Å². The van der Waals surface area contributed by atoms with E-state index in [1.54, 1.807) is 0 Å². The minimum absolute atomic E-state index is 0.197. The minimum Gasteiger partial charge on any atom is -0.395 e. The maximum atomic E-state index is 8.69. The molecule has 2 N–H and O–H groups in total. The predicted molar refractivity (Wildman–Crippen MR) is 64.1 cm³/mol. The van der Waals surface area contributed by atoms with Gasteiger partial charge in [0.1, 0.15) is 0 Å². The van der Waals surface area contributed by atoms with Gasteiger partial charge in [-0.05, 0) is 29.5 Å². The van der Waals surface area contributed by atoms with Crippen LogP contribution in [0.5, 0.6) is 0 Å². The zero-order chi connectivity index (χ0) is 11.3. The Morgan fingerprint density at radius 2 is 2.07 bits per heavy atom. The van der Waals surface area contributed by atoms with Crippen LogP contribution in [0.3, 0.4) is 0 Å². The number of nitrogens with one attached hydrogen (secondary N) is 1. The Morgan fingerprint density at radius 3 is 2.67 bits per heavy atom. The summed E-state index contributed by atoms with van der Waals surface area (Å²) in [4.78, 5) is 0. The molecule has 0 saturated heterocycles. The lowest BCUT2D eigenvalue weighted by Crippen LogP contribution is -2.18. The van der Waals surface area contributed by atoms with Crippen LogP contribution < -0.4 is 5.32 Å². The lowest BCUT2D eigenvalue weighted by Gasteiger charge is -2.11. The lowest BCUT2D eigenvalue weighted by molar-refractivity contribution is 0.292. The Hall–Kier alpha value is -0.860. The monoisotopic (exact) mass is 207 g/mol. The maximum Gasteiger partial charge on any atom is 0.0556 e. The fourth-order valence-electron chi connectivity index (χ4n) is 1.54. The van der Waals surface area contributed by atoms with Crippen LogP contribution in [0.25, 0.3) is 0 Å². The highest BCUT2D eigenvalue weighted by atomic mass is 16.3. The summed E-state index contributed by atoms with van der Waals surface area (Å²) in [7, 11) is 0. The van der Waals surface area contributed by atoms with Gasteiger partial charge in [-0.2, -0.15) is 0 Å². The highest BCUT2D eigenvalue weighted by molar-refractivity contribution is 5.32. The molecular weight excluding hydrogens is 186 g/mol. The van der Waals surface area contributed by atoms with Crippen molar-refractivity contribution in [2.45, 2.75) is 33.2 Å². The van der Waals surface area contributed by atoms with E-state index in [0.29, 0.717) is 12.5 Å². The van der Waals surface area contributed by atoms with Gasteiger partial charge >= 0.3 is 0 Å². The Bertz CT molecular complexity index is 307. The zero-order valence-electron chi connectivity index (χ0n) is 9.88. The van der Waals surface area contributed by atoms with Crippen molar-refractivity contribution in [1.29, 1.82) is 0 Å². The highest BCUT2D eigenvalue weighted by Gasteiger charge is 2.03. The normalized spacial score (nSPS) is 11.0. The average molecular weight is 207 g/mol. The van der Waals surface area contributed by atoms with Gasteiger partial charge in [-0.1, -0.05) is 32.0 Å². The molecule has 15 heavy (non-hydrogen) atoms. The Morgan fingerprint density at radius 1 is 1.33 bits per heavy atom. The Kier molecular flexibility index (Phi) is 4.79. The van der Waals surface area contributed by atoms with Gasteiger partial charge in [-0.3, -0.25) is 0 Å². The number of aliphatic hydroxyl groups is 1.